The molecule has 6 nitrogen and oxygen atoms in total. The Morgan fingerprint density at radius 1 is 1.13 bits per heavy atom. The maximum absolute atomic E-state index is 12.5. The van der Waals surface area contributed by atoms with Gasteiger partial charge < -0.3 is 20.3 Å². The minimum Gasteiger partial charge on any atom is -0.497 e. The smallest absolute Gasteiger partial charge is 0.255 e. The van der Waals surface area contributed by atoms with Gasteiger partial charge in [-0.3, -0.25) is 9.78 Å². The van der Waals surface area contributed by atoms with Crippen LogP contribution in [-0.2, 0) is 0 Å². The highest BCUT2D eigenvalue weighted by molar-refractivity contribution is 5.94. The van der Waals surface area contributed by atoms with E-state index in [9.17, 15) is 4.79 Å². The number of nitrogen functional groups attached to an aromatic ring is 1. The molecule has 3 rings (SSSR count). The van der Waals surface area contributed by atoms with E-state index < -0.39 is 0 Å². The summed E-state index contributed by atoms with van der Waals surface area (Å²) in [5, 5.41) is 0. The molecule has 0 spiro atoms. The van der Waals surface area contributed by atoms with Crippen LogP contribution in [0.5, 0.6) is 5.75 Å². The van der Waals surface area contributed by atoms with Gasteiger partial charge in [0.1, 0.15) is 5.75 Å². The maximum atomic E-state index is 12.5. The summed E-state index contributed by atoms with van der Waals surface area (Å²) in [6.45, 7) is 2.96. The second kappa shape index (κ2) is 6.56. The minimum atomic E-state index is -0.0146. The predicted octanol–water partition coefficient (Wildman–Crippen LogP) is 1.63. The first-order chi connectivity index (χ1) is 11.2. The number of benzene rings is 1. The first-order valence-corrected chi connectivity index (χ1v) is 7.56. The van der Waals surface area contributed by atoms with Crippen LogP contribution in [0, 0.1) is 0 Å². The highest BCUT2D eigenvalue weighted by atomic mass is 16.5. The molecule has 1 amide bonds. The lowest BCUT2D eigenvalue weighted by Crippen LogP contribution is -2.48. The zero-order valence-electron chi connectivity index (χ0n) is 13.1. The van der Waals surface area contributed by atoms with Crippen molar-refractivity contribution in [1.29, 1.82) is 0 Å². The molecule has 1 aromatic carbocycles. The Bertz CT molecular complexity index is 679. The van der Waals surface area contributed by atoms with Gasteiger partial charge in [-0.05, 0) is 30.3 Å². The zero-order valence-corrected chi connectivity index (χ0v) is 13.1. The van der Waals surface area contributed by atoms with Crippen molar-refractivity contribution in [2.24, 2.45) is 0 Å². The van der Waals surface area contributed by atoms with Crippen LogP contribution in [-0.4, -0.2) is 49.1 Å². The fraction of sp³-hybridized carbons (Fsp3) is 0.294. The molecule has 1 saturated heterocycles. The van der Waals surface area contributed by atoms with E-state index in [0.29, 0.717) is 24.3 Å². The number of piperazine rings is 1. The number of amides is 1. The number of carbonyl (C=O) groups excluding carboxylic acids is 1. The number of rotatable bonds is 3. The van der Waals surface area contributed by atoms with E-state index >= 15 is 0 Å². The lowest BCUT2D eigenvalue weighted by molar-refractivity contribution is 0.0746. The first kappa shape index (κ1) is 15.1. The van der Waals surface area contributed by atoms with Crippen molar-refractivity contribution < 1.29 is 9.53 Å². The van der Waals surface area contributed by atoms with E-state index in [1.54, 1.807) is 25.6 Å². The number of pyridine rings is 1. The molecule has 1 aliphatic heterocycles. The molecule has 2 aromatic rings. The molecule has 0 unspecified atom stereocenters. The third-order valence-electron chi connectivity index (χ3n) is 4.01. The molecule has 0 radical (unpaired) electrons. The van der Waals surface area contributed by atoms with Gasteiger partial charge in [0.2, 0.25) is 0 Å². The van der Waals surface area contributed by atoms with Gasteiger partial charge in [0.05, 0.1) is 18.4 Å². The largest absolute Gasteiger partial charge is 0.497 e. The summed E-state index contributed by atoms with van der Waals surface area (Å²) in [7, 11) is 1.66. The second-order valence-electron chi connectivity index (χ2n) is 5.48. The Morgan fingerprint density at radius 3 is 2.43 bits per heavy atom. The van der Waals surface area contributed by atoms with Crippen LogP contribution in [0.3, 0.4) is 0 Å². The van der Waals surface area contributed by atoms with E-state index in [4.69, 9.17) is 10.5 Å². The maximum Gasteiger partial charge on any atom is 0.255 e. The number of hydrogen-bond acceptors (Lipinski definition) is 5. The number of aromatic nitrogens is 1. The molecule has 0 bridgehead atoms. The minimum absolute atomic E-state index is 0.0146. The van der Waals surface area contributed by atoms with Crippen LogP contribution in [0.15, 0.2) is 42.7 Å². The van der Waals surface area contributed by atoms with Crippen LogP contribution >= 0.6 is 0 Å². The molecule has 1 aromatic heterocycles. The van der Waals surface area contributed by atoms with Crippen LogP contribution in [0.4, 0.5) is 11.4 Å². The highest BCUT2D eigenvalue weighted by Gasteiger charge is 2.22. The molecular formula is C17H20N4O2. The Balaban J connectivity index is 1.62. The molecule has 2 N–H and O–H groups in total. The third kappa shape index (κ3) is 3.36. The van der Waals surface area contributed by atoms with Gasteiger partial charge in [-0.15, -0.1) is 0 Å². The third-order valence-corrected chi connectivity index (χ3v) is 4.01. The van der Waals surface area contributed by atoms with Crippen molar-refractivity contribution >= 4 is 17.3 Å². The average molecular weight is 312 g/mol. The fourth-order valence-electron chi connectivity index (χ4n) is 2.72. The fourth-order valence-corrected chi connectivity index (χ4v) is 2.72. The average Bonchev–Trinajstić information content (AvgIpc) is 2.61. The van der Waals surface area contributed by atoms with E-state index in [1.807, 2.05) is 29.2 Å². The molecule has 2 heterocycles. The number of carbonyl (C=O) groups is 1. The van der Waals surface area contributed by atoms with Crippen molar-refractivity contribution in [3.05, 3.63) is 48.3 Å². The molecule has 0 aliphatic carbocycles. The van der Waals surface area contributed by atoms with E-state index in [1.165, 1.54) is 0 Å². The molecular weight excluding hydrogens is 292 g/mol. The quantitative estimate of drug-likeness (QED) is 0.933. The van der Waals surface area contributed by atoms with Crippen LogP contribution in [0.25, 0.3) is 0 Å². The molecule has 23 heavy (non-hydrogen) atoms. The standard InChI is InChI=1S/C17H20N4O2/c1-23-16-4-2-15(3-5-16)20-6-8-21(9-7-20)17(22)13-10-14(18)12-19-11-13/h2-5,10-12H,6-9,18H2,1H3. The Hall–Kier alpha value is -2.76. The number of nitrogens with zero attached hydrogens (tertiary/aromatic N) is 3. The first-order valence-electron chi connectivity index (χ1n) is 7.56. The number of anilines is 2. The number of hydrogen-bond donors (Lipinski definition) is 1. The van der Waals surface area contributed by atoms with E-state index in [-0.39, 0.29) is 5.91 Å². The molecule has 1 aliphatic rings. The highest BCUT2D eigenvalue weighted by Crippen LogP contribution is 2.21. The summed E-state index contributed by atoms with van der Waals surface area (Å²) in [6, 6.07) is 9.65. The zero-order chi connectivity index (χ0) is 16.2. The summed E-state index contributed by atoms with van der Waals surface area (Å²) in [5.74, 6) is 0.830. The van der Waals surface area contributed by atoms with Gasteiger partial charge in [-0.2, -0.15) is 0 Å². The van der Waals surface area contributed by atoms with Crippen LogP contribution in [0.2, 0.25) is 0 Å². The Morgan fingerprint density at radius 2 is 1.83 bits per heavy atom. The molecule has 1 fully saturated rings. The monoisotopic (exact) mass is 312 g/mol. The SMILES string of the molecule is COc1ccc(N2CCN(C(=O)c3cncc(N)c3)CC2)cc1. The normalized spacial score (nSPS) is 14.7. The topological polar surface area (TPSA) is 71.7 Å². The molecule has 6 heteroatoms. The lowest BCUT2D eigenvalue weighted by Gasteiger charge is -2.36. The van der Waals surface area contributed by atoms with Gasteiger partial charge in [0.25, 0.3) is 5.91 Å². The number of nitrogens with two attached hydrogens (primary N) is 1. The summed E-state index contributed by atoms with van der Waals surface area (Å²) < 4.78 is 5.18. The van der Waals surface area contributed by atoms with Crippen molar-refractivity contribution in [3.63, 3.8) is 0 Å². The van der Waals surface area contributed by atoms with E-state index in [2.05, 4.69) is 9.88 Å². The van der Waals surface area contributed by atoms with Crippen molar-refractivity contribution in [3.8, 4) is 5.75 Å². The summed E-state index contributed by atoms with van der Waals surface area (Å²) in [6.07, 6.45) is 3.10. The summed E-state index contributed by atoms with van der Waals surface area (Å²) in [4.78, 5) is 20.6. The van der Waals surface area contributed by atoms with Crippen LogP contribution < -0.4 is 15.4 Å². The second-order valence-corrected chi connectivity index (χ2v) is 5.48. The molecule has 0 saturated carbocycles. The van der Waals surface area contributed by atoms with Gasteiger partial charge >= 0.3 is 0 Å². The van der Waals surface area contributed by atoms with Crippen molar-refractivity contribution in [1.82, 2.24) is 9.88 Å². The summed E-state index contributed by atoms with van der Waals surface area (Å²) in [5.41, 5.74) is 7.89. The van der Waals surface area contributed by atoms with Crippen LogP contribution in [0.1, 0.15) is 10.4 Å². The predicted molar refractivity (Wildman–Crippen MR) is 89.8 cm³/mol. The van der Waals surface area contributed by atoms with Crippen molar-refractivity contribution in [2.75, 3.05) is 43.9 Å². The van der Waals surface area contributed by atoms with Gasteiger partial charge in [-0.25, -0.2) is 0 Å². The van der Waals surface area contributed by atoms with Crippen molar-refractivity contribution in [2.45, 2.75) is 0 Å². The Labute approximate surface area is 135 Å². The van der Waals surface area contributed by atoms with Gasteiger partial charge in [-0.1, -0.05) is 0 Å². The Kier molecular flexibility index (Phi) is 4.32. The molecule has 120 valence electrons. The lowest BCUT2D eigenvalue weighted by atomic mass is 10.2. The van der Waals surface area contributed by atoms with E-state index in [0.717, 1.165) is 24.5 Å². The molecule has 0 atom stereocenters. The number of ether oxygens (including phenoxy) is 1. The van der Waals surface area contributed by atoms with Gasteiger partial charge in [0.15, 0.2) is 0 Å². The number of methoxy groups -OCH3 is 1. The van der Waals surface area contributed by atoms with Gasteiger partial charge in [0, 0.05) is 44.3 Å². The summed E-state index contributed by atoms with van der Waals surface area (Å²) >= 11 is 0.